The summed E-state index contributed by atoms with van der Waals surface area (Å²) in [5.41, 5.74) is 2.74. The quantitative estimate of drug-likeness (QED) is 0.564. The van der Waals surface area contributed by atoms with E-state index in [2.05, 4.69) is 53.7 Å². The number of hydrogen-bond donors (Lipinski definition) is 0. The largest absolute Gasteiger partial charge is 0.125 e. The molecule has 0 bridgehead atoms. The average Bonchev–Trinajstić information content (AvgIpc) is 2.15. The zero-order valence-electron chi connectivity index (χ0n) is 11.4. The van der Waals surface area contributed by atoms with Crippen molar-refractivity contribution in [2.75, 3.05) is 11.5 Å². The first kappa shape index (κ1) is 15.9. The summed E-state index contributed by atoms with van der Waals surface area (Å²) >= 11 is 3.87. The maximum Gasteiger partial charge on any atom is 0.0207 e. The number of hydrogen-bond acceptors (Lipinski definition) is 2. The molecule has 0 saturated heterocycles. The van der Waals surface area contributed by atoms with Crippen LogP contribution in [0.15, 0.2) is 33.1 Å². The third-order valence-electron chi connectivity index (χ3n) is 1.68. The maximum absolute atomic E-state index is 2.30. The van der Waals surface area contributed by atoms with E-state index in [0.717, 1.165) is 11.5 Å². The number of allylic oxidation sites excluding steroid dienone is 4. The molecule has 0 aromatic carbocycles. The van der Waals surface area contributed by atoms with Crippen LogP contribution in [0.5, 0.6) is 0 Å². The minimum absolute atomic E-state index is 1.13. The fraction of sp³-hybridized carbons (Fsp3) is 0.571. The van der Waals surface area contributed by atoms with Crippen molar-refractivity contribution in [3.8, 4) is 0 Å². The van der Waals surface area contributed by atoms with Crippen molar-refractivity contribution in [2.24, 2.45) is 0 Å². The van der Waals surface area contributed by atoms with E-state index >= 15 is 0 Å². The van der Waals surface area contributed by atoms with Gasteiger partial charge in [-0.2, -0.15) is 0 Å². The fourth-order valence-corrected chi connectivity index (χ4v) is 3.22. The van der Waals surface area contributed by atoms with E-state index in [-0.39, 0.29) is 0 Å². The highest BCUT2D eigenvalue weighted by Gasteiger charge is 2.02. The summed E-state index contributed by atoms with van der Waals surface area (Å²) in [6, 6.07) is 0. The van der Waals surface area contributed by atoms with Crippen LogP contribution in [-0.4, -0.2) is 11.5 Å². The summed E-state index contributed by atoms with van der Waals surface area (Å²) in [5.74, 6) is 2.26. The lowest BCUT2D eigenvalue weighted by atomic mass is 10.2. The van der Waals surface area contributed by atoms with Crippen LogP contribution in [0.1, 0.15) is 41.5 Å². The Morgan fingerprint density at radius 3 is 1.25 bits per heavy atom. The van der Waals surface area contributed by atoms with Gasteiger partial charge in [0.25, 0.3) is 0 Å². The second-order valence-electron chi connectivity index (χ2n) is 4.04. The Morgan fingerprint density at radius 2 is 1.06 bits per heavy atom. The highest BCUT2D eigenvalue weighted by atomic mass is 32.2. The van der Waals surface area contributed by atoms with Gasteiger partial charge in [-0.05, 0) is 51.4 Å². The molecule has 0 saturated carbocycles. The van der Waals surface area contributed by atoms with Crippen molar-refractivity contribution >= 4 is 23.5 Å². The predicted molar refractivity (Wildman–Crippen MR) is 82.2 cm³/mol. The lowest BCUT2D eigenvalue weighted by Gasteiger charge is -2.08. The normalized spacial score (nSPS) is 11.9. The van der Waals surface area contributed by atoms with Crippen molar-refractivity contribution in [2.45, 2.75) is 41.5 Å². The Labute approximate surface area is 110 Å². The third kappa shape index (κ3) is 7.24. The van der Waals surface area contributed by atoms with Gasteiger partial charge in [0.05, 0.1) is 0 Å². The highest BCUT2D eigenvalue weighted by molar-refractivity contribution is 8.06. The van der Waals surface area contributed by atoms with Gasteiger partial charge in [0.15, 0.2) is 0 Å². The van der Waals surface area contributed by atoms with Crippen LogP contribution in [0.25, 0.3) is 0 Å². The Balaban J connectivity index is 5.25. The molecule has 16 heavy (non-hydrogen) atoms. The standard InChI is InChI=1S/C14H24S2/c1-7-15-13(9-11(3)4)14(16-8-2)10-12(5)6/h9-10H,7-8H2,1-6H3/b14-13+. The molecule has 0 unspecified atom stereocenters. The third-order valence-corrected chi connectivity index (χ3v) is 3.69. The zero-order chi connectivity index (χ0) is 12.6. The second-order valence-corrected chi connectivity index (χ2v) is 6.65. The molecular weight excluding hydrogens is 232 g/mol. The van der Waals surface area contributed by atoms with E-state index in [4.69, 9.17) is 0 Å². The average molecular weight is 256 g/mol. The maximum atomic E-state index is 2.30. The van der Waals surface area contributed by atoms with E-state index in [9.17, 15) is 0 Å². The van der Waals surface area contributed by atoms with Crippen molar-refractivity contribution in [1.29, 1.82) is 0 Å². The first-order valence-electron chi connectivity index (χ1n) is 5.80. The topological polar surface area (TPSA) is 0 Å². The molecule has 0 radical (unpaired) electrons. The van der Waals surface area contributed by atoms with Gasteiger partial charge in [-0.3, -0.25) is 0 Å². The van der Waals surface area contributed by atoms with Crippen LogP contribution in [0.4, 0.5) is 0 Å². The molecule has 0 atom stereocenters. The van der Waals surface area contributed by atoms with Crippen molar-refractivity contribution < 1.29 is 0 Å². The first-order chi connectivity index (χ1) is 7.51. The van der Waals surface area contributed by atoms with Gasteiger partial charge in [0.1, 0.15) is 0 Å². The molecule has 0 aromatic heterocycles. The zero-order valence-corrected chi connectivity index (χ0v) is 13.0. The summed E-state index contributed by atoms with van der Waals surface area (Å²) in [4.78, 5) is 2.83. The van der Waals surface area contributed by atoms with Crippen LogP contribution < -0.4 is 0 Å². The Morgan fingerprint density at radius 1 is 0.750 bits per heavy atom. The Kier molecular flexibility index (Phi) is 8.96. The van der Waals surface area contributed by atoms with Crippen LogP contribution in [0.2, 0.25) is 0 Å². The Hall–Kier alpha value is -0.0800. The van der Waals surface area contributed by atoms with E-state index in [1.165, 1.54) is 21.0 Å². The van der Waals surface area contributed by atoms with Crippen LogP contribution >= 0.6 is 23.5 Å². The molecule has 0 aliphatic rings. The molecule has 92 valence electrons. The molecule has 0 aromatic rings. The van der Waals surface area contributed by atoms with Gasteiger partial charge in [0.2, 0.25) is 0 Å². The van der Waals surface area contributed by atoms with Gasteiger partial charge in [-0.25, -0.2) is 0 Å². The lowest BCUT2D eigenvalue weighted by Crippen LogP contribution is -1.84. The van der Waals surface area contributed by atoms with E-state index in [1.54, 1.807) is 0 Å². The van der Waals surface area contributed by atoms with E-state index < -0.39 is 0 Å². The molecule has 0 spiro atoms. The van der Waals surface area contributed by atoms with Crippen molar-refractivity contribution in [3.05, 3.63) is 33.1 Å². The molecular formula is C14H24S2. The summed E-state index contributed by atoms with van der Waals surface area (Å²) in [7, 11) is 0. The van der Waals surface area contributed by atoms with Crippen molar-refractivity contribution in [1.82, 2.24) is 0 Å². The Bertz CT molecular complexity index is 258. The second kappa shape index (κ2) is 9.00. The van der Waals surface area contributed by atoms with E-state index in [0.29, 0.717) is 0 Å². The smallest absolute Gasteiger partial charge is 0.0207 e. The molecule has 0 N–H and O–H groups in total. The monoisotopic (exact) mass is 256 g/mol. The molecule has 0 amide bonds. The number of rotatable bonds is 6. The minimum Gasteiger partial charge on any atom is -0.125 e. The molecule has 0 fully saturated rings. The van der Waals surface area contributed by atoms with Crippen molar-refractivity contribution in [3.63, 3.8) is 0 Å². The molecule has 2 heteroatoms. The van der Waals surface area contributed by atoms with Gasteiger partial charge in [-0.15, -0.1) is 23.5 Å². The summed E-state index contributed by atoms with van der Waals surface area (Å²) in [5, 5.41) is 0. The lowest BCUT2D eigenvalue weighted by molar-refractivity contribution is 1.37. The van der Waals surface area contributed by atoms with Gasteiger partial charge in [0, 0.05) is 9.81 Å². The minimum atomic E-state index is 1.13. The van der Waals surface area contributed by atoms with Crippen LogP contribution in [0.3, 0.4) is 0 Å². The summed E-state index contributed by atoms with van der Waals surface area (Å²) in [6.45, 7) is 13.1. The molecule has 0 aliphatic heterocycles. The molecule has 0 rings (SSSR count). The highest BCUT2D eigenvalue weighted by Crippen LogP contribution is 2.31. The molecule has 0 heterocycles. The SMILES string of the molecule is CCS/C(C=C(C)C)=C(\C=C(C)C)SCC. The first-order valence-corrected chi connectivity index (χ1v) is 7.78. The van der Waals surface area contributed by atoms with Crippen LogP contribution in [-0.2, 0) is 0 Å². The van der Waals surface area contributed by atoms with Gasteiger partial charge >= 0.3 is 0 Å². The summed E-state index contributed by atoms with van der Waals surface area (Å²) < 4.78 is 0. The molecule has 0 aliphatic carbocycles. The molecule has 0 nitrogen and oxygen atoms in total. The van der Waals surface area contributed by atoms with Crippen LogP contribution in [0, 0.1) is 0 Å². The number of thioether (sulfide) groups is 2. The predicted octanol–water partition coefficient (Wildman–Crippen LogP) is 5.64. The van der Waals surface area contributed by atoms with Gasteiger partial charge < -0.3 is 0 Å². The summed E-state index contributed by atoms with van der Waals surface area (Å²) in [6.07, 6.45) is 4.59. The van der Waals surface area contributed by atoms with Gasteiger partial charge in [-0.1, -0.05) is 25.0 Å². The van der Waals surface area contributed by atoms with E-state index in [1.807, 2.05) is 23.5 Å². The fourth-order valence-electron chi connectivity index (χ4n) is 1.20.